The molecule has 2 aromatic rings. The molecule has 0 aliphatic rings. The quantitative estimate of drug-likeness (QED) is 0.867. The van der Waals surface area contributed by atoms with Crippen molar-refractivity contribution >= 4 is 28.9 Å². The molecule has 1 aromatic carbocycles. The lowest BCUT2D eigenvalue weighted by Gasteiger charge is -2.14. The third kappa shape index (κ3) is 2.85. The lowest BCUT2D eigenvalue weighted by atomic mass is 10.0. The van der Waals surface area contributed by atoms with Crippen LogP contribution in [-0.4, -0.2) is 4.98 Å². The molecule has 0 spiro atoms. The maximum Gasteiger partial charge on any atom is 0.168 e. The predicted octanol–water partition coefficient (Wildman–Crippen LogP) is 4.63. The van der Waals surface area contributed by atoms with E-state index >= 15 is 0 Å². The molecule has 0 radical (unpaired) electrons. The third-order valence-corrected chi connectivity index (χ3v) is 3.59. The smallest absolute Gasteiger partial charge is 0.168 e. The van der Waals surface area contributed by atoms with E-state index in [-0.39, 0.29) is 11.7 Å². The Bertz CT molecular complexity index is 641. The average molecular weight is 294 g/mol. The van der Waals surface area contributed by atoms with Crippen molar-refractivity contribution in [3.63, 3.8) is 0 Å². The Kier molecular flexibility index (Phi) is 4.14. The molecule has 2 rings (SSSR count). The topological polar surface area (TPSA) is 50.9 Å². The van der Waals surface area contributed by atoms with Crippen LogP contribution in [-0.2, 0) is 0 Å². The van der Waals surface area contributed by atoms with E-state index in [1.807, 2.05) is 26.8 Å². The first kappa shape index (κ1) is 14.6. The van der Waals surface area contributed by atoms with E-state index in [1.54, 1.807) is 12.1 Å². The Morgan fingerprint density at radius 3 is 2.70 bits per heavy atom. The monoisotopic (exact) mass is 293 g/mol. The van der Waals surface area contributed by atoms with Crippen LogP contribution in [0.15, 0.2) is 24.3 Å². The van der Waals surface area contributed by atoms with Gasteiger partial charge in [0.2, 0.25) is 0 Å². The number of nitrogens with zero attached hydrogens (tertiary/aromatic N) is 1. The summed E-state index contributed by atoms with van der Waals surface area (Å²) in [6.07, 6.45) is 0. The van der Waals surface area contributed by atoms with Crippen molar-refractivity contribution in [2.75, 3.05) is 11.1 Å². The highest BCUT2D eigenvalue weighted by atomic mass is 35.5. The van der Waals surface area contributed by atoms with Gasteiger partial charge >= 0.3 is 0 Å². The van der Waals surface area contributed by atoms with Crippen molar-refractivity contribution in [1.82, 2.24) is 4.98 Å². The molecular weight excluding hydrogens is 277 g/mol. The van der Waals surface area contributed by atoms with Gasteiger partial charge in [-0.1, -0.05) is 31.5 Å². The first-order valence-electron chi connectivity index (χ1n) is 6.38. The van der Waals surface area contributed by atoms with Gasteiger partial charge < -0.3 is 11.1 Å². The van der Waals surface area contributed by atoms with Crippen molar-refractivity contribution in [3.8, 4) is 0 Å². The summed E-state index contributed by atoms with van der Waals surface area (Å²) >= 11 is 6.04. The highest BCUT2D eigenvalue weighted by molar-refractivity contribution is 6.31. The summed E-state index contributed by atoms with van der Waals surface area (Å²) in [5.41, 5.74) is 8.12. The van der Waals surface area contributed by atoms with E-state index < -0.39 is 5.82 Å². The largest absolute Gasteiger partial charge is 0.383 e. The lowest BCUT2D eigenvalue weighted by Crippen LogP contribution is -2.06. The predicted molar refractivity (Wildman–Crippen MR) is 82.2 cm³/mol. The molecule has 1 aromatic heterocycles. The van der Waals surface area contributed by atoms with Crippen LogP contribution in [0.1, 0.15) is 30.9 Å². The van der Waals surface area contributed by atoms with Gasteiger partial charge in [-0.05, 0) is 42.2 Å². The van der Waals surface area contributed by atoms with Crippen molar-refractivity contribution in [2.24, 2.45) is 0 Å². The highest BCUT2D eigenvalue weighted by Gasteiger charge is 2.13. The van der Waals surface area contributed by atoms with Gasteiger partial charge in [-0.3, -0.25) is 0 Å². The molecule has 0 saturated carbocycles. The summed E-state index contributed by atoms with van der Waals surface area (Å²) < 4.78 is 14.1. The van der Waals surface area contributed by atoms with Gasteiger partial charge in [-0.15, -0.1) is 0 Å². The number of benzene rings is 1. The zero-order valence-corrected chi connectivity index (χ0v) is 12.4. The molecule has 106 valence electrons. The molecule has 0 saturated heterocycles. The van der Waals surface area contributed by atoms with E-state index in [0.717, 1.165) is 5.56 Å². The van der Waals surface area contributed by atoms with Gasteiger partial charge in [-0.25, -0.2) is 9.37 Å². The van der Waals surface area contributed by atoms with Crippen LogP contribution in [0.5, 0.6) is 0 Å². The van der Waals surface area contributed by atoms with Crippen LogP contribution in [0.2, 0.25) is 5.02 Å². The van der Waals surface area contributed by atoms with Crippen molar-refractivity contribution in [1.29, 1.82) is 0 Å². The van der Waals surface area contributed by atoms with Crippen molar-refractivity contribution in [2.45, 2.75) is 26.7 Å². The minimum absolute atomic E-state index is 0.109. The normalized spacial score (nSPS) is 10.9. The second kappa shape index (κ2) is 5.67. The van der Waals surface area contributed by atoms with E-state index in [9.17, 15) is 4.39 Å². The summed E-state index contributed by atoms with van der Waals surface area (Å²) in [7, 11) is 0. The maximum atomic E-state index is 14.1. The van der Waals surface area contributed by atoms with E-state index in [1.165, 1.54) is 6.07 Å². The van der Waals surface area contributed by atoms with Gasteiger partial charge in [0, 0.05) is 10.7 Å². The van der Waals surface area contributed by atoms with Crippen LogP contribution < -0.4 is 11.1 Å². The molecule has 0 aliphatic carbocycles. The van der Waals surface area contributed by atoms with Crippen molar-refractivity contribution < 1.29 is 4.39 Å². The lowest BCUT2D eigenvalue weighted by molar-refractivity contribution is 0.622. The molecule has 3 nitrogen and oxygen atoms in total. The van der Waals surface area contributed by atoms with Crippen LogP contribution in [0, 0.1) is 12.7 Å². The van der Waals surface area contributed by atoms with Gasteiger partial charge in [-0.2, -0.15) is 0 Å². The Labute approximate surface area is 123 Å². The summed E-state index contributed by atoms with van der Waals surface area (Å²) in [6, 6.07) is 6.81. The number of pyridine rings is 1. The Morgan fingerprint density at radius 1 is 1.35 bits per heavy atom. The van der Waals surface area contributed by atoms with Crippen LogP contribution in [0.4, 0.5) is 21.7 Å². The fourth-order valence-corrected chi connectivity index (χ4v) is 2.11. The SMILES string of the molecule is Cc1c(Cl)cccc1Nc1nc(N)c(C(C)C)cc1F. The number of hydrogen-bond donors (Lipinski definition) is 2. The van der Waals surface area contributed by atoms with Gasteiger partial charge in [0.25, 0.3) is 0 Å². The van der Waals surface area contributed by atoms with E-state index in [2.05, 4.69) is 10.3 Å². The van der Waals surface area contributed by atoms with Crippen LogP contribution >= 0.6 is 11.6 Å². The highest BCUT2D eigenvalue weighted by Crippen LogP contribution is 2.29. The molecule has 0 fully saturated rings. The molecule has 1 heterocycles. The number of nitrogens with one attached hydrogen (secondary N) is 1. The minimum Gasteiger partial charge on any atom is -0.383 e. The number of halogens is 2. The average Bonchev–Trinajstić information content (AvgIpc) is 2.38. The molecule has 0 unspecified atom stereocenters. The Balaban J connectivity index is 2.39. The summed E-state index contributed by atoms with van der Waals surface area (Å²) in [6.45, 7) is 5.75. The van der Waals surface area contributed by atoms with Crippen LogP contribution in [0.25, 0.3) is 0 Å². The number of anilines is 3. The molecule has 0 atom stereocenters. The molecule has 3 N–H and O–H groups in total. The first-order chi connectivity index (χ1) is 9.40. The fourth-order valence-electron chi connectivity index (χ4n) is 1.94. The fraction of sp³-hybridized carbons (Fsp3) is 0.267. The maximum absolute atomic E-state index is 14.1. The zero-order valence-electron chi connectivity index (χ0n) is 11.7. The molecular formula is C15H17ClFN3. The third-order valence-electron chi connectivity index (χ3n) is 3.18. The summed E-state index contributed by atoms with van der Waals surface area (Å²) in [5, 5.41) is 3.55. The van der Waals surface area contributed by atoms with E-state index in [0.29, 0.717) is 22.1 Å². The number of aromatic nitrogens is 1. The summed E-state index contributed by atoms with van der Waals surface area (Å²) in [5.74, 6) is 0.141. The number of hydrogen-bond acceptors (Lipinski definition) is 3. The Hall–Kier alpha value is -1.81. The summed E-state index contributed by atoms with van der Waals surface area (Å²) in [4.78, 5) is 4.11. The van der Waals surface area contributed by atoms with Crippen molar-refractivity contribution in [3.05, 3.63) is 46.2 Å². The molecule has 0 bridgehead atoms. The Morgan fingerprint density at radius 2 is 2.05 bits per heavy atom. The second-order valence-electron chi connectivity index (χ2n) is 4.99. The standard InChI is InChI=1S/C15H17ClFN3/c1-8(2)10-7-12(17)15(20-14(10)18)19-13-6-4-5-11(16)9(13)3/h4-8H,1-3H3,(H3,18,19,20). The van der Waals surface area contributed by atoms with Crippen LogP contribution in [0.3, 0.4) is 0 Å². The van der Waals surface area contributed by atoms with Gasteiger partial charge in [0.15, 0.2) is 11.6 Å². The molecule has 0 aliphatic heterocycles. The number of rotatable bonds is 3. The minimum atomic E-state index is -0.428. The van der Waals surface area contributed by atoms with Gasteiger partial charge in [0.1, 0.15) is 5.82 Å². The zero-order chi connectivity index (χ0) is 14.9. The van der Waals surface area contributed by atoms with Gasteiger partial charge in [0.05, 0.1) is 0 Å². The number of nitrogens with two attached hydrogens (primary N) is 1. The number of nitrogen functional groups attached to an aromatic ring is 1. The molecule has 5 heteroatoms. The molecule has 20 heavy (non-hydrogen) atoms. The molecule has 0 amide bonds. The first-order valence-corrected chi connectivity index (χ1v) is 6.76. The second-order valence-corrected chi connectivity index (χ2v) is 5.39. The van der Waals surface area contributed by atoms with E-state index in [4.69, 9.17) is 17.3 Å².